The zero-order valence-corrected chi connectivity index (χ0v) is 6.92. The minimum absolute atomic E-state index is 0.00887. The standard InChI is InChI=1S/C4H7IN2O/c1-4(8)7(2)3-6-5/h3H,1-2H3/b6-3-. The summed E-state index contributed by atoms with van der Waals surface area (Å²) in [7, 11) is 1.66. The second-order valence-corrected chi connectivity index (χ2v) is 1.90. The fourth-order valence-corrected chi connectivity index (χ4v) is 0.520. The van der Waals surface area contributed by atoms with Crippen molar-refractivity contribution < 1.29 is 4.79 Å². The van der Waals surface area contributed by atoms with Gasteiger partial charge in [-0.15, -0.1) is 0 Å². The molecule has 0 aliphatic rings. The summed E-state index contributed by atoms with van der Waals surface area (Å²) in [6, 6.07) is 0. The van der Waals surface area contributed by atoms with Crippen LogP contribution in [-0.4, -0.2) is 24.2 Å². The molecule has 0 saturated carbocycles. The van der Waals surface area contributed by atoms with Gasteiger partial charge in [0.2, 0.25) is 5.91 Å². The Kier molecular flexibility index (Phi) is 3.76. The molecular weight excluding hydrogens is 219 g/mol. The van der Waals surface area contributed by atoms with Gasteiger partial charge < -0.3 is 4.90 Å². The van der Waals surface area contributed by atoms with Gasteiger partial charge in [0, 0.05) is 14.0 Å². The zero-order chi connectivity index (χ0) is 6.57. The molecule has 8 heavy (non-hydrogen) atoms. The molecule has 4 heteroatoms. The van der Waals surface area contributed by atoms with Crippen LogP contribution in [-0.2, 0) is 4.79 Å². The predicted molar refractivity (Wildman–Crippen MR) is 41.0 cm³/mol. The average Bonchev–Trinajstić information content (AvgIpc) is 1.67. The van der Waals surface area contributed by atoms with Crippen molar-refractivity contribution in [1.82, 2.24) is 4.90 Å². The molecule has 0 aliphatic heterocycles. The number of halogens is 1. The summed E-state index contributed by atoms with van der Waals surface area (Å²) >= 11 is 1.81. The maximum Gasteiger partial charge on any atom is 0.224 e. The molecule has 0 N–H and O–H groups in total. The van der Waals surface area contributed by atoms with Gasteiger partial charge in [0.1, 0.15) is 6.34 Å². The van der Waals surface area contributed by atoms with Crippen molar-refractivity contribution in [1.29, 1.82) is 0 Å². The highest BCUT2D eigenvalue weighted by atomic mass is 127. The molecule has 0 bridgehead atoms. The Morgan fingerprint density at radius 2 is 2.38 bits per heavy atom. The van der Waals surface area contributed by atoms with E-state index in [1.54, 1.807) is 7.05 Å². The van der Waals surface area contributed by atoms with E-state index in [2.05, 4.69) is 3.21 Å². The van der Waals surface area contributed by atoms with E-state index in [0.717, 1.165) is 0 Å². The van der Waals surface area contributed by atoms with E-state index < -0.39 is 0 Å². The average molecular weight is 226 g/mol. The second kappa shape index (κ2) is 3.82. The number of hydrogen-bond donors (Lipinski definition) is 0. The summed E-state index contributed by atoms with van der Waals surface area (Å²) in [6.07, 6.45) is 1.46. The van der Waals surface area contributed by atoms with Crippen LogP contribution in [0.3, 0.4) is 0 Å². The van der Waals surface area contributed by atoms with Gasteiger partial charge in [-0.05, 0) is 0 Å². The van der Waals surface area contributed by atoms with Crippen LogP contribution in [0, 0.1) is 0 Å². The van der Waals surface area contributed by atoms with Crippen molar-refractivity contribution in [2.75, 3.05) is 7.05 Å². The quantitative estimate of drug-likeness (QED) is 0.370. The van der Waals surface area contributed by atoms with Gasteiger partial charge >= 0.3 is 0 Å². The Balaban J connectivity index is 3.64. The summed E-state index contributed by atoms with van der Waals surface area (Å²) in [5.74, 6) is -0.00887. The minimum Gasteiger partial charge on any atom is -0.306 e. The Labute approximate surface area is 62.3 Å². The third-order valence-electron chi connectivity index (χ3n) is 0.714. The number of carbonyl (C=O) groups excluding carboxylic acids is 1. The summed E-state index contributed by atoms with van der Waals surface area (Å²) in [4.78, 5) is 11.8. The van der Waals surface area contributed by atoms with Gasteiger partial charge in [-0.3, -0.25) is 4.79 Å². The topological polar surface area (TPSA) is 32.7 Å². The molecule has 3 nitrogen and oxygen atoms in total. The molecule has 0 aliphatic carbocycles. The summed E-state index contributed by atoms with van der Waals surface area (Å²) < 4.78 is 3.61. The van der Waals surface area contributed by atoms with E-state index >= 15 is 0 Å². The van der Waals surface area contributed by atoms with Gasteiger partial charge in [-0.1, -0.05) is 0 Å². The predicted octanol–water partition coefficient (Wildman–Crippen LogP) is 0.843. The van der Waals surface area contributed by atoms with E-state index in [1.807, 2.05) is 22.9 Å². The maximum absolute atomic E-state index is 10.4. The highest BCUT2D eigenvalue weighted by Crippen LogP contribution is 1.82. The summed E-state index contributed by atoms with van der Waals surface area (Å²) in [6.45, 7) is 1.48. The van der Waals surface area contributed by atoms with Crippen LogP contribution >= 0.6 is 22.9 Å². The molecule has 0 aromatic heterocycles. The van der Waals surface area contributed by atoms with Gasteiger partial charge in [0.25, 0.3) is 0 Å². The van der Waals surface area contributed by atoms with E-state index in [9.17, 15) is 4.79 Å². The molecule has 0 heterocycles. The molecule has 0 fully saturated rings. The highest BCUT2D eigenvalue weighted by molar-refractivity contribution is 14.1. The number of carbonyl (C=O) groups is 1. The molecule has 0 aromatic carbocycles. The van der Waals surface area contributed by atoms with Crippen LogP contribution in [0.15, 0.2) is 3.21 Å². The number of hydrogen-bond acceptors (Lipinski definition) is 2. The van der Waals surface area contributed by atoms with Crippen molar-refractivity contribution >= 4 is 35.1 Å². The molecular formula is C4H7IN2O. The number of amides is 1. The Bertz CT molecular complexity index is 113. The van der Waals surface area contributed by atoms with Gasteiger partial charge in [-0.2, -0.15) is 0 Å². The smallest absolute Gasteiger partial charge is 0.224 e. The summed E-state index contributed by atoms with van der Waals surface area (Å²) in [5, 5.41) is 0. The van der Waals surface area contributed by atoms with Crippen molar-refractivity contribution in [3.63, 3.8) is 0 Å². The van der Waals surface area contributed by atoms with E-state index in [4.69, 9.17) is 0 Å². The Morgan fingerprint density at radius 3 is 2.50 bits per heavy atom. The summed E-state index contributed by atoms with van der Waals surface area (Å²) in [5.41, 5.74) is 0. The molecule has 0 spiro atoms. The van der Waals surface area contributed by atoms with Crippen molar-refractivity contribution in [2.45, 2.75) is 6.92 Å². The van der Waals surface area contributed by atoms with Crippen molar-refractivity contribution in [2.24, 2.45) is 3.21 Å². The number of nitrogens with zero attached hydrogens (tertiary/aromatic N) is 2. The first-order valence-electron chi connectivity index (χ1n) is 2.06. The van der Waals surface area contributed by atoms with Crippen molar-refractivity contribution in [3.8, 4) is 0 Å². The number of rotatable bonds is 1. The third-order valence-corrected chi connectivity index (χ3v) is 0.963. The Morgan fingerprint density at radius 1 is 1.88 bits per heavy atom. The first kappa shape index (κ1) is 7.87. The lowest BCUT2D eigenvalue weighted by molar-refractivity contribution is -0.123. The molecule has 0 unspecified atom stereocenters. The van der Waals surface area contributed by atoms with Crippen LogP contribution in [0.1, 0.15) is 6.92 Å². The second-order valence-electron chi connectivity index (χ2n) is 1.34. The first-order valence-corrected chi connectivity index (χ1v) is 3.03. The van der Waals surface area contributed by atoms with E-state index in [-0.39, 0.29) is 5.91 Å². The molecule has 0 atom stereocenters. The first-order chi connectivity index (χ1) is 3.68. The minimum atomic E-state index is -0.00887. The third kappa shape index (κ3) is 2.95. The van der Waals surface area contributed by atoms with E-state index in [0.29, 0.717) is 0 Å². The molecule has 0 aromatic rings. The lowest BCUT2D eigenvalue weighted by atomic mass is 10.6. The maximum atomic E-state index is 10.4. The van der Waals surface area contributed by atoms with Crippen LogP contribution in [0.5, 0.6) is 0 Å². The molecule has 0 rings (SSSR count). The molecule has 1 amide bonds. The highest BCUT2D eigenvalue weighted by Gasteiger charge is 1.93. The fraction of sp³-hybridized carbons (Fsp3) is 0.500. The molecule has 0 radical (unpaired) electrons. The normalized spacial score (nSPS) is 9.88. The molecule has 46 valence electrons. The fourth-order valence-electron chi connectivity index (χ4n) is 0.147. The van der Waals surface area contributed by atoms with Crippen LogP contribution in [0.2, 0.25) is 0 Å². The SMILES string of the molecule is CC(=O)N(C)/C=N\I. The monoisotopic (exact) mass is 226 g/mol. The van der Waals surface area contributed by atoms with E-state index in [1.165, 1.54) is 18.2 Å². The molecule has 0 saturated heterocycles. The van der Waals surface area contributed by atoms with Crippen LogP contribution in [0.25, 0.3) is 0 Å². The van der Waals surface area contributed by atoms with Gasteiger partial charge in [-0.25, -0.2) is 3.21 Å². The van der Waals surface area contributed by atoms with Gasteiger partial charge in [0.05, 0.1) is 22.9 Å². The largest absolute Gasteiger partial charge is 0.306 e. The van der Waals surface area contributed by atoms with Crippen LogP contribution < -0.4 is 0 Å². The van der Waals surface area contributed by atoms with Crippen LogP contribution in [0.4, 0.5) is 0 Å². The van der Waals surface area contributed by atoms with Crippen molar-refractivity contribution in [3.05, 3.63) is 0 Å². The van der Waals surface area contributed by atoms with Gasteiger partial charge in [0.15, 0.2) is 0 Å². The zero-order valence-electron chi connectivity index (χ0n) is 4.76. The lowest BCUT2D eigenvalue weighted by Gasteiger charge is -2.03. The lowest BCUT2D eigenvalue weighted by Crippen LogP contribution is -2.20. The Hall–Kier alpha value is -0.130.